The van der Waals surface area contributed by atoms with Gasteiger partial charge in [0, 0.05) is 5.69 Å². The average Bonchev–Trinajstić information content (AvgIpc) is 2.14. The maximum atomic E-state index is 12.0. The number of sulfonamides is 1. The second kappa shape index (κ2) is 4.57. The molecule has 1 aromatic rings. The van der Waals surface area contributed by atoms with Gasteiger partial charge in [-0.05, 0) is 43.9 Å². The van der Waals surface area contributed by atoms with Crippen LogP contribution in [0, 0.1) is 0 Å². The molecule has 0 aliphatic rings. The van der Waals surface area contributed by atoms with Crippen molar-refractivity contribution in [1.82, 2.24) is 0 Å². The van der Waals surface area contributed by atoms with E-state index in [-0.39, 0.29) is 5.41 Å². The van der Waals surface area contributed by atoms with Gasteiger partial charge in [0.25, 0.3) is 0 Å². The van der Waals surface area contributed by atoms with E-state index in [1.165, 1.54) is 5.56 Å². The number of rotatable bonds is 2. The van der Waals surface area contributed by atoms with Crippen LogP contribution in [-0.2, 0) is 15.4 Å². The van der Waals surface area contributed by atoms with Crippen LogP contribution in [0.3, 0.4) is 0 Å². The van der Waals surface area contributed by atoms with Gasteiger partial charge >= 0.3 is 0 Å². The topological polar surface area (TPSA) is 46.2 Å². The first kappa shape index (κ1) is 15.0. The van der Waals surface area contributed by atoms with E-state index < -0.39 is 14.8 Å². The van der Waals surface area contributed by atoms with Gasteiger partial charge in [0.1, 0.15) is 0 Å². The molecule has 0 radical (unpaired) electrons. The van der Waals surface area contributed by atoms with Crippen molar-refractivity contribution in [2.24, 2.45) is 0 Å². The Hall–Kier alpha value is -1.03. The van der Waals surface area contributed by atoms with Crippen LogP contribution in [0.25, 0.3) is 0 Å². The van der Waals surface area contributed by atoms with Crippen molar-refractivity contribution in [3.05, 3.63) is 29.8 Å². The number of benzene rings is 1. The zero-order valence-corrected chi connectivity index (χ0v) is 12.9. The van der Waals surface area contributed by atoms with Gasteiger partial charge in [0.2, 0.25) is 10.0 Å². The smallest absolute Gasteiger partial charge is 0.237 e. The summed E-state index contributed by atoms with van der Waals surface area (Å²) in [4.78, 5) is 0. The Bertz CT molecular complexity index is 502. The molecular weight excluding hydrogens is 246 g/mol. The predicted molar refractivity (Wildman–Crippen MR) is 77.4 cm³/mol. The molecule has 0 heterocycles. The molecule has 3 nitrogen and oxygen atoms in total. The summed E-state index contributed by atoms with van der Waals surface area (Å²) in [6.45, 7) is 11.4. The van der Waals surface area contributed by atoms with Crippen LogP contribution >= 0.6 is 0 Å². The van der Waals surface area contributed by atoms with Crippen LogP contribution in [0.1, 0.15) is 47.1 Å². The Balaban J connectivity index is 2.96. The second-order valence-electron chi connectivity index (χ2n) is 6.55. The molecule has 0 atom stereocenters. The number of anilines is 1. The first-order valence-electron chi connectivity index (χ1n) is 6.06. The monoisotopic (exact) mass is 269 g/mol. The largest absolute Gasteiger partial charge is 0.283 e. The Kier molecular flexibility index (Phi) is 3.82. The van der Waals surface area contributed by atoms with Gasteiger partial charge < -0.3 is 0 Å². The van der Waals surface area contributed by atoms with Crippen LogP contribution in [0.15, 0.2) is 24.3 Å². The molecule has 0 spiro atoms. The maximum Gasteiger partial charge on any atom is 0.237 e. The zero-order valence-electron chi connectivity index (χ0n) is 12.0. The highest BCUT2D eigenvalue weighted by Gasteiger charge is 2.28. The minimum atomic E-state index is -3.35. The molecule has 0 aliphatic heterocycles. The molecule has 1 N–H and O–H groups in total. The summed E-state index contributed by atoms with van der Waals surface area (Å²) in [5.74, 6) is 0. The summed E-state index contributed by atoms with van der Waals surface area (Å²) in [7, 11) is -3.35. The van der Waals surface area contributed by atoms with Crippen molar-refractivity contribution in [1.29, 1.82) is 0 Å². The highest BCUT2D eigenvalue weighted by Crippen LogP contribution is 2.25. The van der Waals surface area contributed by atoms with Crippen molar-refractivity contribution >= 4 is 15.7 Å². The Morgan fingerprint density at radius 1 is 0.889 bits per heavy atom. The molecule has 0 saturated heterocycles. The van der Waals surface area contributed by atoms with Crippen LogP contribution in [0.5, 0.6) is 0 Å². The van der Waals surface area contributed by atoms with Gasteiger partial charge in [-0.25, -0.2) is 8.42 Å². The highest BCUT2D eigenvalue weighted by molar-refractivity contribution is 7.94. The van der Waals surface area contributed by atoms with Crippen LogP contribution in [-0.4, -0.2) is 13.2 Å². The molecule has 4 heteroatoms. The molecule has 0 unspecified atom stereocenters. The molecule has 0 aliphatic carbocycles. The van der Waals surface area contributed by atoms with E-state index in [9.17, 15) is 8.42 Å². The first-order valence-corrected chi connectivity index (χ1v) is 7.55. The van der Waals surface area contributed by atoms with Crippen molar-refractivity contribution in [3.8, 4) is 0 Å². The standard InChI is InChI=1S/C14H23NO2S/c1-13(2,3)11-7-9-12(10-8-11)15-18(16,17)14(4,5)6/h7-10,15H,1-6H3. The normalized spacial score (nSPS) is 13.4. The van der Waals surface area contributed by atoms with Crippen LogP contribution in [0.4, 0.5) is 5.69 Å². The Morgan fingerprint density at radius 3 is 1.67 bits per heavy atom. The molecule has 1 aromatic carbocycles. The molecule has 0 amide bonds. The van der Waals surface area contributed by atoms with Crippen molar-refractivity contribution in [3.63, 3.8) is 0 Å². The summed E-state index contributed by atoms with van der Waals surface area (Å²) in [5, 5.41) is 0. The maximum absolute atomic E-state index is 12.0. The van der Waals surface area contributed by atoms with E-state index >= 15 is 0 Å². The molecule has 102 valence electrons. The number of hydrogen-bond acceptors (Lipinski definition) is 2. The van der Waals surface area contributed by atoms with E-state index in [1.807, 2.05) is 24.3 Å². The molecule has 0 saturated carbocycles. The molecule has 18 heavy (non-hydrogen) atoms. The van der Waals surface area contributed by atoms with E-state index in [0.29, 0.717) is 5.69 Å². The highest BCUT2D eigenvalue weighted by atomic mass is 32.2. The molecule has 0 bridgehead atoms. The fourth-order valence-corrected chi connectivity index (χ4v) is 2.10. The van der Waals surface area contributed by atoms with E-state index in [2.05, 4.69) is 25.5 Å². The molecule has 0 fully saturated rings. The lowest BCUT2D eigenvalue weighted by atomic mass is 9.87. The Morgan fingerprint density at radius 2 is 1.33 bits per heavy atom. The fraction of sp³-hybridized carbons (Fsp3) is 0.571. The minimum Gasteiger partial charge on any atom is -0.283 e. The van der Waals surface area contributed by atoms with Gasteiger partial charge in [-0.3, -0.25) is 4.72 Å². The zero-order chi connectivity index (χ0) is 14.2. The van der Waals surface area contributed by atoms with Crippen molar-refractivity contribution in [2.75, 3.05) is 4.72 Å². The third-order valence-corrected chi connectivity index (χ3v) is 4.93. The average molecular weight is 269 g/mol. The van der Waals surface area contributed by atoms with Crippen molar-refractivity contribution in [2.45, 2.75) is 51.7 Å². The Labute approximate surface area is 111 Å². The lowest BCUT2D eigenvalue weighted by Gasteiger charge is -2.22. The van der Waals surface area contributed by atoms with Crippen LogP contribution < -0.4 is 4.72 Å². The summed E-state index contributed by atoms with van der Waals surface area (Å²) >= 11 is 0. The second-order valence-corrected chi connectivity index (χ2v) is 8.98. The van der Waals surface area contributed by atoms with Crippen molar-refractivity contribution < 1.29 is 8.42 Å². The number of hydrogen-bond donors (Lipinski definition) is 1. The minimum absolute atomic E-state index is 0.0709. The summed E-state index contributed by atoms with van der Waals surface area (Å²) in [6.07, 6.45) is 0. The van der Waals surface area contributed by atoms with E-state index in [1.54, 1.807) is 20.8 Å². The van der Waals surface area contributed by atoms with Gasteiger partial charge in [0.05, 0.1) is 4.75 Å². The molecular formula is C14H23NO2S. The van der Waals surface area contributed by atoms with Gasteiger partial charge in [-0.15, -0.1) is 0 Å². The van der Waals surface area contributed by atoms with E-state index in [4.69, 9.17) is 0 Å². The van der Waals surface area contributed by atoms with Crippen LogP contribution in [0.2, 0.25) is 0 Å². The molecule has 1 rings (SSSR count). The summed E-state index contributed by atoms with van der Waals surface area (Å²) < 4.78 is 25.8. The SMILES string of the molecule is CC(C)(C)c1ccc(NS(=O)(=O)C(C)(C)C)cc1. The van der Waals surface area contributed by atoms with Gasteiger partial charge in [-0.2, -0.15) is 0 Å². The lowest BCUT2D eigenvalue weighted by molar-refractivity contribution is 0.566. The quantitative estimate of drug-likeness (QED) is 0.892. The predicted octanol–water partition coefficient (Wildman–Crippen LogP) is 3.52. The fourth-order valence-electron chi connectivity index (χ4n) is 1.35. The summed E-state index contributed by atoms with van der Waals surface area (Å²) in [6, 6.07) is 7.54. The van der Waals surface area contributed by atoms with E-state index in [0.717, 1.165) is 0 Å². The number of nitrogens with one attached hydrogen (secondary N) is 1. The third-order valence-electron chi connectivity index (χ3n) is 2.81. The summed E-state index contributed by atoms with van der Waals surface area (Å²) in [5.41, 5.74) is 1.86. The van der Waals surface area contributed by atoms with Gasteiger partial charge in [-0.1, -0.05) is 32.9 Å². The first-order chi connectivity index (χ1) is 7.93. The lowest BCUT2D eigenvalue weighted by Crippen LogP contribution is -2.33. The van der Waals surface area contributed by atoms with Gasteiger partial charge in [0.15, 0.2) is 0 Å². The third kappa shape index (κ3) is 3.48. The molecule has 0 aromatic heterocycles.